The maximum Gasteiger partial charge on any atom is 0.163 e. The molecule has 1 rings (SSSR count). The lowest BCUT2D eigenvalue weighted by molar-refractivity contribution is 0.347. The number of hydrogen-bond donors (Lipinski definition) is 0. The highest BCUT2D eigenvalue weighted by atomic mass is 32.2. The van der Waals surface area contributed by atoms with Crippen LogP contribution in [0.1, 0.15) is 26.2 Å². The Kier molecular flexibility index (Phi) is 4.36. The van der Waals surface area contributed by atoms with E-state index in [4.69, 9.17) is 0 Å². The van der Waals surface area contributed by atoms with Gasteiger partial charge >= 0.3 is 0 Å². The highest BCUT2D eigenvalue weighted by Crippen LogP contribution is 2.20. The molecule has 1 fully saturated rings. The number of aliphatic imine (C=N–C) groups is 1. The highest BCUT2D eigenvalue weighted by molar-refractivity contribution is 8.17. The zero-order chi connectivity index (χ0) is 9.68. The quantitative estimate of drug-likeness (QED) is 0.475. The first-order valence-electron chi connectivity index (χ1n) is 4.79. The molecule has 1 saturated heterocycles. The summed E-state index contributed by atoms with van der Waals surface area (Å²) >= 11 is 1.69. The Bertz CT molecular complexity index is 205. The molecule has 0 aromatic carbocycles. The second-order valence-electron chi connectivity index (χ2n) is 3.36. The second kappa shape index (κ2) is 5.32. The molecule has 0 aliphatic carbocycles. The minimum Gasteiger partial charge on any atom is -0.351 e. The molecule has 0 unspecified atom stereocenters. The number of thioether (sulfide) groups is 1. The van der Waals surface area contributed by atoms with Crippen LogP contribution in [-0.4, -0.2) is 30.2 Å². The number of piperidine rings is 1. The first kappa shape index (κ1) is 10.6. The van der Waals surface area contributed by atoms with Crippen molar-refractivity contribution in [2.45, 2.75) is 26.2 Å². The predicted octanol–water partition coefficient (Wildman–Crippen LogP) is 2.72. The van der Waals surface area contributed by atoms with E-state index in [1.807, 2.05) is 14.0 Å². The van der Waals surface area contributed by atoms with Crippen LogP contribution in [0.5, 0.6) is 0 Å². The van der Waals surface area contributed by atoms with Gasteiger partial charge in [-0.25, -0.2) is 0 Å². The average molecular weight is 198 g/mol. The van der Waals surface area contributed by atoms with Crippen molar-refractivity contribution in [1.82, 2.24) is 4.90 Å². The third-order valence-electron chi connectivity index (χ3n) is 2.08. The van der Waals surface area contributed by atoms with Crippen LogP contribution in [0.4, 0.5) is 0 Å². The average Bonchev–Trinajstić information content (AvgIpc) is 2.15. The largest absolute Gasteiger partial charge is 0.351 e. The lowest BCUT2D eigenvalue weighted by Gasteiger charge is -2.29. The van der Waals surface area contributed by atoms with E-state index >= 15 is 0 Å². The SMILES string of the molecule is C=C(C)SC(=NC)N1CCCCC1. The lowest BCUT2D eigenvalue weighted by Crippen LogP contribution is -2.33. The van der Waals surface area contributed by atoms with Gasteiger partial charge in [0.25, 0.3) is 0 Å². The molecule has 0 radical (unpaired) electrons. The van der Waals surface area contributed by atoms with Crippen molar-refractivity contribution in [3.63, 3.8) is 0 Å². The first-order valence-corrected chi connectivity index (χ1v) is 5.61. The van der Waals surface area contributed by atoms with E-state index < -0.39 is 0 Å². The Morgan fingerprint density at radius 1 is 1.31 bits per heavy atom. The van der Waals surface area contributed by atoms with Gasteiger partial charge in [-0.15, -0.1) is 0 Å². The molecule has 0 spiro atoms. The molecule has 2 nitrogen and oxygen atoms in total. The molecular formula is C10H18N2S. The van der Waals surface area contributed by atoms with Crippen LogP contribution in [0.3, 0.4) is 0 Å². The molecule has 1 heterocycles. The third kappa shape index (κ3) is 3.43. The monoisotopic (exact) mass is 198 g/mol. The van der Waals surface area contributed by atoms with Crippen LogP contribution in [0.15, 0.2) is 16.5 Å². The zero-order valence-electron chi connectivity index (χ0n) is 8.55. The lowest BCUT2D eigenvalue weighted by atomic mass is 10.1. The molecule has 0 bridgehead atoms. The standard InChI is InChI=1S/C10H18N2S/c1-9(2)13-10(11-3)12-7-5-4-6-8-12/h1,4-8H2,2-3H3. The Balaban J connectivity index is 2.50. The van der Waals surface area contributed by atoms with Crippen LogP contribution >= 0.6 is 11.8 Å². The summed E-state index contributed by atoms with van der Waals surface area (Å²) in [5.74, 6) is 0. The molecule has 0 aromatic heterocycles. The van der Waals surface area contributed by atoms with Crippen molar-refractivity contribution >= 4 is 16.9 Å². The van der Waals surface area contributed by atoms with Gasteiger partial charge in [-0.1, -0.05) is 18.3 Å². The van der Waals surface area contributed by atoms with Crippen LogP contribution in [0.2, 0.25) is 0 Å². The van der Waals surface area contributed by atoms with E-state index in [1.54, 1.807) is 11.8 Å². The van der Waals surface area contributed by atoms with Crippen LogP contribution in [0, 0.1) is 0 Å². The fourth-order valence-electron chi connectivity index (χ4n) is 1.49. The Labute approximate surface area is 85.1 Å². The summed E-state index contributed by atoms with van der Waals surface area (Å²) in [6, 6.07) is 0. The predicted molar refractivity (Wildman–Crippen MR) is 61.2 cm³/mol. The number of amidine groups is 1. The summed E-state index contributed by atoms with van der Waals surface area (Å²) in [6.45, 7) is 8.24. The normalized spacial score (nSPS) is 18.9. The van der Waals surface area contributed by atoms with Crippen molar-refractivity contribution in [3.8, 4) is 0 Å². The molecule has 74 valence electrons. The summed E-state index contributed by atoms with van der Waals surface area (Å²) < 4.78 is 0. The van der Waals surface area contributed by atoms with Gasteiger partial charge in [-0.2, -0.15) is 0 Å². The van der Waals surface area contributed by atoms with Crippen LogP contribution in [-0.2, 0) is 0 Å². The van der Waals surface area contributed by atoms with Gasteiger partial charge < -0.3 is 4.90 Å². The van der Waals surface area contributed by atoms with Crippen molar-refractivity contribution in [2.24, 2.45) is 4.99 Å². The molecule has 1 aliphatic rings. The molecule has 0 amide bonds. The van der Waals surface area contributed by atoms with Gasteiger partial charge in [0, 0.05) is 20.1 Å². The van der Waals surface area contributed by atoms with Crippen molar-refractivity contribution in [2.75, 3.05) is 20.1 Å². The van der Waals surface area contributed by atoms with Crippen molar-refractivity contribution in [1.29, 1.82) is 0 Å². The molecule has 1 aliphatic heterocycles. The Morgan fingerprint density at radius 3 is 2.38 bits per heavy atom. The van der Waals surface area contributed by atoms with Crippen molar-refractivity contribution < 1.29 is 0 Å². The molecule has 0 aromatic rings. The summed E-state index contributed by atoms with van der Waals surface area (Å²) in [5.41, 5.74) is 0. The minimum absolute atomic E-state index is 1.12. The maximum absolute atomic E-state index is 4.30. The first-order chi connectivity index (χ1) is 6.24. The number of hydrogen-bond acceptors (Lipinski definition) is 2. The van der Waals surface area contributed by atoms with Gasteiger partial charge in [-0.05, 0) is 31.1 Å². The molecule has 0 N–H and O–H groups in total. The van der Waals surface area contributed by atoms with E-state index in [0.717, 1.165) is 23.2 Å². The molecule has 0 saturated carbocycles. The van der Waals surface area contributed by atoms with E-state index in [2.05, 4.69) is 16.5 Å². The van der Waals surface area contributed by atoms with Gasteiger partial charge in [-0.3, -0.25) is 4.99 Å². The molecule has 0 atom stereocenters. The van der Waals surface area contributed by atoms with Crippen LogP contribution < -0.4 is 0 Å². The molecule has 3 heteroatoms. The van der Waals surface area contributed by atoms with Crippen LogP contribution in [0.25, 0.3) is 0 Å². The smallest absolute Gasteiger partial charge is 0.163 e. The summed E-state index contributed by atoms with van der Waals surface area (Å²) in [7, 11) is 1.86. The van der Waals surface area contributed by atoms with E-state index in [9.17, 15) is 0 Å². The highest BCUT2D eigenvalue weighted by Gasteiger charge is 2.14. The zero-order valence-corrected chi connectivity index (χ0v) is 9.36. The molecular weight excluding hydrogens is 180 g/mol. The molecule has 13 heavy (non-hydrogen) atoms. The minimum atomic E-state index is 1.12. The van der Waals surface area contributed by atoms with Gasteiger partial charge in [0.15, 0.2) is 5.17 Å². The number of allylic oxidation sites excluding steroid dienone is 1. The maximum atomic E-state index is 4.30. The summed E-state index contributed by atoms with van der Waals surface area (Å²) in [6.07, 6.45) is 3.97. The summed E-state index contributed by atoms with van der Waals surface area (Å²) in [5, 5.41) is 1.13. The van der Waals surface area contributed by atoms with E-state index in [1.165, 1.54) is 19.3 Å². The fourth-order valence-corrected chi connectivity index (χ4v) is 2.21. The Morgan fingerprint density at radius 2 is 1.92 bits per heavy atom. The number of rotatable bonds is 1. The summed E-state index contributed by atoms with van der Waals surface area (Å²) in [4.78, 5) is 7.78. The van der Waals surface area contributed by atoms with E-state index in [0.29, 0.717) is 0 Å². The van der Waals surface area contributed by atoms with Gasteiger partial charge in [0.05, 0.1) is 0 Å². The van der Waals surface area contributed by atoms with E-state index in [-0.39, 0.29) is 0 Å². The van der Waals surface area contributed by atoms with Crippen molar-refractivity contribution in [3.05, 3.63) is 11.5 Å². The Hall–Kier alpha value is -0.440. The number of likely N-dealkylation sites (tertiary alicyclic amines) is 1. The second-order valence-corrected chi connectivity index (χ2v) is 4.62. The number of nitrogens with zero attached hydrogens (tertiary/aromatic N) is 2. The third-order valence-corrected chi connectivity index (χ3v) is 3.06. The van der Waals surface area contributed by atoms with Gasteiger partial charge in [0.1, 0.15) is 0 Å². The topological polar surface area (TPSA) is 15.6 Å². The fraction of sp³-hybridized carbons (Fsp3) is 0.700. The van der Waals surface area contributed by atoms with Gasteiger partial charge in [0.2, 0.25) is 0 Å².